The van der Waals surface area contributed by atoms with E-state index < -0.39 is 0 Å². The molecule has 0 saturated carbocycles. The van der Waals surface area contributed by atoms with E-state index in [1.165, 1.54) is 11.1 Å². The monoisotopic (exact) mass is 244 g/mol. The van der Waals surface area contributed by atoms with Crippen molar-refractivity contribution in [3.05, 3.63) is 46.8 Å². The van der Waals surface area contributed by atoms with E-state index in [4.69, 9.17) is 5.73 Å². The van der Waals surface area contributed by atoms with Gasteiger partial charge in [-0.2, -0.15) is 0 Å². The van der Waals surface area contributed by atoms with Gasteiger partial charge >= 0.3 is 0 Å². The van der Waals surface area contributed by atoms with Crippen LogP contribution in [0.15, 0.2) is 24.4 Å². The largest absolute Gasteiger partial charge is 0.319 e. The molecular formula is C14H20N4. The average molecular weight is 244 g/mol. The Hall–Kier alpha value is -1.68. The standard InChI is InChI=1S/C14H20N4/c1-4-7-18-13(9-16-17-18)14(15)12-8-10(2)5-6-11(12)3/h5-6,8-9,14H,4,7,15H2,1-3H3. The minimum absolute atomic E-state index is 0.161. The molecule has 96 valence electrons. The molecule has 0 bridgehead atoms. The maximum absolute atomic E-state index is 6.36. The van der Waals surface area contributed by atoms with Gasteiger partial charge in [-0.25, -0.2) is 4.68 Å². The molecule has 4 nitrogen and oxygen atoms in total. The van der Waals surface area contributed by atoms with Crippen LogP contribution in [0.25, 0.3) is 0 Å². The Morgan fingerprint density at radius 3 is 2.83 bits per heavy atom. The van der Waals surface area contributed by atoms with Gasteiger partial charge in [0.15, 0.2) is 0 Å². The molecule has 0 aliphatic carbocycles. The van der Waals surface area contributed by atoms with E-state index in [1.54, 1.807) is 6.20 Å². The molecule has 2 aromatic rings. The van der Waals surface area contributed by atoms with E-state index >= 15 is 0 Å². The van der Waals surface area contributed by atoms with Gasteiger partial charge in [-0.15, -0.1) is 5.10 Å². The van der Waals surface area contributed by atoms with Crippen molar-refractivity contribution in [3.8, 4) is 0 Å². The molecule has 1 unspecified atom stereocenters. The zero-order chi connectivity index (χ0) is 13.1. The molecule has 0 fully saturated rings. The average Bonchev–Trinajstić information content (AvgIpc) is 2.80. The van der Waals surface area contributed by atoms with Crippen molar-refractivity contribution in [2.24, 2.45) is 5.73 Å². The highest BCUT2D eigenvalue weighted by atomic mass is 15.4. The Morgan fingerprint density at radius 1 is 1.33 bits per heavy atom. The minimum atomic E-state index is -0.161. The third kappa shape index (κ3) is 2.43. The van der Waals surface area contributed by atoms with Gasteiger partial charge < -0.3 is 5.73 Å². The molecular weight excluding hydrogens is 224 g/mol. The molecule has 1 heterocycles. The van der Waals surface area contributed by atoms with Crippen LogP contribution in [0.1, 0.15) is 41.8 Å². The third-order valence-corrected chi connectivity index (χ3v) is 3.17. The maximum Gasteiger partial charge on any atom is 0.0799 e. The quantitative estimate of drug-likeness (QED) is 0.898. The molecule has 0 amide bonds. The highest BCUT2D eigenvalue weighted by Gasteiger charge is 2.16. The highest BCUT2D eigenvalue weighted by molar-refractivity contribution is 5.36. The summed E-state index contributed by atoms with van der Waals surface area (Å²) in [6.07, 6.45) is 2.79. The smallest absolute Gasteiger partial charge is 0.0799 e. The fourth-order valence-corrected chi connectivity index (χ4v) is 2.15. The van der Waals surface area contributed by atoms with Crippen molar-refractivity contribution in [3.63, 3.8) is 0 Å². The predicted octanol–water partition coefficient (Wildman–Crippen LogP) is 2.35. The molecule has 1 atom stereocenters. The van der Waals surface area contributed by atoms with Crippen molar-refractivity contribution in [1.29, 1.82) is 0 Å². The predicted molar refractivity (Wildman–Crippen MR) is 72.3 cm³/mol. The summed E-state index contributed by atoms with van der Waals surface area (Å²) >= 11 is 0. The first kappa shape index (κ1) is 12.8. The van der Waals surface area contributed by atoms with Crippen LogP contribution < -0.4 is 5.73 Å². The summed E-state index contributed by atoms with van der Waals surface area (Å²) in [6.45, 7) is 7.14. The lowest BCUT2D eigenvalue weighted by Gasteiger charge is -2.16. The number of aryl methyl sites for hydroxylation is 3. The van der Waals surface area contributed by atoms with E-state index in [0.717, 1.165) is 24.2 Å². The van der Waals surface area contributed by atoms with Crippen molar-refractivity contribution >= 4 is 0 Å². The van der Waals surface area contributed by atoms with Crippen LogP contribution in [0.4, 0.5) is 0 Å². The second-order valence-corrected chi connectivity index (χ2v) is 4.72. The van der Waals surface area contributed by atoms with Crippen molar-refractivity contribution < 1.29 is 0 Å². The van der Waals surface area contributed by atoms with E-state index in [2.05, 4.69) is 49.3 Å². The van der Waals surface area contributed by atoms with E-state index in [0.29, 0.717) is 0 Å². The molecule has 0 aliphatic heterocycles. The van der Waals surface area contributed by atoms with Gasteiger partial charge in [0.05, 0.1) is 17.9 Å². The topological polar surface area (TPSA) is 56.7 Å². The van der Waals surface area contributed by atoms with E-state index in [1.807, 2.05) is 4.68 Å². The Morgan fingerprint density at radius 2 is 2.11 bits per heavy atom. The first-order valence-corrected chi connectivity index (χ1v) is 6.34. The maximum atomic E-state index is 6.36. The van der Waals surface area contributed by atoms with Gasteiger partial charge in [-0.1, -0.05) is 35.9 Å². The van der Waals surface area contributed by atoms with Crippen LogP contribution in [0.5, 0.6) is 0 Å². The molecule has 2 rings (SSSR count). The molecule has 18 heavy (non-hydrogen) atoms. The van der Waals surface area contributed by atoms with Crippen LogP contribution in [0.2, 0.25) is 0 Å². The lowest BCUT2D eigenvalue weighted by atomic mass is 9.97. The summed E-state index contributed by atoms with van der Waals surface area (Å²) in [6, 6.07) is 6.20. The number of benzene rings is 1. The number of rotatable bonds is 4. The molecule has 0 saturated heterocycles. The lowest BCUT2D eigenvalue weighted by molar-refractivity contribution is 0.543. The van der Waals surface area contributed by atoms with Crippen molar-refractivity contribution in [2.45, 2.75) is 39.8 Å². The Kier molecular flexibility index (Phi) is 3.77. The molecule has 1 aromatic heterocycles. The molecule has 0 aliphatic rings. The molecule has 2 N–H and O–H groups in total. The fraction of sp³-hybridized carbons (Fsp3) is 0.429. The molecule has 0 spiro atoms. The zero-order valence-electron chi connectivity index (χ0n) is 11.2. The van der Waals surface area contributed by atoms with E-state index in [9.17, 15) is 0 Å². The second-order valence-electron chi connectivity index (χ2n) is 4.72. The van der Waals surface area contributed by atoms with Crippen LogP contribution in [0.3, 0.4) is 0 Å². The molecule has 0 radical (unpaired) electrons. The molecule has 1 aromatic carbocycles. The Balaban J connectivity index is 2.38. The highest BCUT2D eigenvalue weighted by Crippen LogP contribution is 2.23. The first-order valence-electron chi connectivity index (χ1n) is 6.34. The summed E-state index contributed by atoms with van der Waals surface area (Å²) in [4.78, 5) is 0. The van der Waals surface area contributed by atoms with Gasteiger partial charge in [0.25, 0.3) is 0 Å². The number of nitrogens with zero attached hydrogens (tertiary/aromatic N) is 3. The number of hydrogen-bond acceptors (Lipinski definition) is 3. The summed E-state index contributed by atoms with van der Waals surface area (Å²) in [5.74, 6) is 0. The number of hydrogen-bond donors (Lipinski definition) is 1. The minimum Gasteiger partial charge on any atom is -0.319 e. The lowest BCUT2D eigenvalue weighted by Crippen LogP contribution is -2.18. The van der Waals surface area contributed by atoms with Gasteiger partial charge in [-0.05, 0) is 31.4 Å². The summed E-state index contributed by atoms with van der Waals surface area (Å²) in [7, 11) is 0. The van der Waals surface area contributed by atoms with Gasteiger partial charge in [0.1, 0.15) is 0 Å². The van der Waals surface area contributed by atoms with Crippen LogP contribution in [0, 0.1) is 13.8 Å². The van der Waals surface area contributed by atoms with Crippen molar-refractivity contribution in [1.82, 2.24) is 15.0 Å². The second kappa shape index (κ2) is 5.31. The Labute approximate surface area is 108 Å². The Bertz CT molecular complexity index is 530. The number of aromatic nitrogens is 3. The molecule has 4 heteroatoms. The van der Waals surface area contributed by atoms with E-state index in [-0.39, 0.29) is 6.04 Å². The van der Waals surface area contributed by atoms with Crippen molar-refractivity contribution in [2.75, 3.05) is 0 Å². The van der Waals surface area contributed by atoms with Gasteiger partial charge in [0.2, 0.25) is 0 Å². The zero-order valence-corrected chi connectivity index (χ0v) is 11.2. The SMILES string of the molecule is CCCn1nncc1C(N)c1cc(C)ccc1C. The summed E-state index contributed by atoms with van der Waals surface area (Å²) < 4.78 is 1.90. The third-order valence-electron chi connectivity index (χ3n) is 3.17. The van der Waals surface area contributed by atoms with Crippen LogP contribution in [-0.4, -0.2) is 15.0 Å². The number of nitrogens with two attached hydrogens (primary N) is 1. The van der Waals surface area contributed by atoms with Crippen LogP contribution >= 0.6 is 0 Å². The van der Waals surface area contributed by atoms with Gasteiger partial charge in [0, 0.05) is 6.54 Å². The van der Waals surface area contributed by atoms with Gasteiger partial charge in [-0.3, -0.25) is 0 Å². The van der Waals surface area contributed by atoms with Crippen LogP contribution in [-0.2, 0) is 6.54 Å². The summed E-state index contributed by atoms with van der Waals surface area (Å²) in [5.41, 5.74) is 10.9. The normalized spacial score (nSPS) is 12.7. The summed E-state index contributed by atoms with van der Waals surface area (Å²) in [5, 5.41) is 8.06. The first-order chi connectivity index (χ1) is 8.63. The fourth-order valence-electron chi connectivity index (χ4n) is 2.15.